The van der Waals surface area contributed by atoms with Crippen molar-refractivity contribution in [1.29, 1.82) is 0 Å². The van der Waals surface area contributed by atoms with Crippen LogP contribution < -0.4 is 5.32 Å². The first kappa shape index (κ1) is 16.1. The number of thiazole rings is 1. The number of rotatable bonds is 4. The van der Waals surface area contributed by atoms with Crippen LogP contribution in [-0.4, -0.2) is 34.7 Å². The molecule has 2 aromatic heterocycles. The van der Waals surface area contributed by atoms with E-state index in [1.807, 2.05) is 6.92 Å². The molecule has 3 aromatic rings. The topological polar surface area (TPSA) is 68.5 Å². The minimum atomic E-state index is -0.307. The number of hydrogen-bond acceptors (Lipinski definition) is 5. The number of fused-ring (bicyclic) bond motifs is 1. The van der Waals surface area contributed by atoms with Crippen molar-refractivity contribution in [2.75, 3.05) is 14.2 Å². The molecule has 0 saturated carbocycles. The first-order valence-corrected chi connectivity index (χ1v) is 7.94. The van der Waals surface area contributed by atoms with Crippen LogP contribution in [0.5, 0.6) is 0 Å². The molecule has 0 bridgehead atoms. The number of methoxy groups -OCH3 is 1. The van der Waals surface area contributed by atoms with Gasteiger partial charge in [0.2, 0.25) is 4.96 Å². The molecular weight excluding hydrogens is 331 g/mol. The number of benzene rings is 1. The van der Waals surface area contributed by atoms with Crippen molar-refractivity contribution in [2.45, 2.75) is 6.92 Å². The van der Waals surface area contributed by atoms with Crippen LogP contribution in [0.25, 0.3) is 21.9 Å². The minimum absolute atomic E-state index is 0.247. The zero-order valence-electron chi connectivity index (χ0n) is 13.3. The summed E-state index contributed by atoms with van der Waals surface area (Å²) in [6.45, 7) is 1.86. The number of likely N-dealkylation sites (N-methyl/N-ethyl adjacent to an activating group) is 1. The fraction of sp³-hybridized carbons (Fsp3) is 0.188. The predicted octanol–water partition coefficient (Wildman–Crippen LogP) is 2.64. The third-order valence-corrected chi connectivity index (χ3v) is 4.64. The highest BCUT2D eigenvalue weighted by Gasteiger charge is 2.21. The van der Waals surface area contributed by atoms with Gasteiger partial charge in [0, 0.05) is 12.6 Å². The van der Waals surface area contributed by atoms with Crippen molar-refractivity contribution in [1.82, 2.24) is 19.9 Å². The van der Waals surface area contributed by atoms with Crippen molar-refractivity contribution in [3.05, 3.63) is 46.9 Å². The van der Waals surface area contributed by atoms with E-state index in [1.54, 1.807) is 23.7 Å². The van der Waals surface area contributed by atoms with E-state index in [0.29, 0.717) is 16.4 Å². The van der Waals surface area contributed by atoms with Crippen LogP contribution in [0.4, 0.5) is 4.39 Å². The summed E-state index contributed by atoms with van der Waals surface area (Å²) in [5, 5.41) is 7.04. The maximum atomic E-state index is 13.0. The minimum Gasteiger partial charge on any atom is -0.503 e. The molecule has 0 saturated heterocycles. The molecule has 0 aliphatic rings. The van der Waals surface area contributed by atoms with E-state index in [9.17, 15) is 9.18 Å². The quantitative estimate of drug-likeness (QED) is 0.582. The van der Waals surface area contributed by atoms with E-state index >= 15 is 0 Å². The van der Waals surface area contributed by atoms with Crippen LogP contribution >= 0.6 is 11.3 Å². The maximum Gasteiger partial charge on any atom is 0.255 e. The average molecular weight is 346 g/mol. The van der Waals surface area contributed by atoms with E-state index in [2.05, 4.69) is 15.4 Å². The molecular formula is C16H15FN4O2S. The van der Waals surface area contributed by atoms with Crippen molar-refractivity contribution < 1.29 is 13.9 Å². The summed E-state index contributed by atoms with van der Waals surface area (Å²) in [6, 6.07) is 6.00. The van der Waals surface area contributed by atoms with Crippen LogP contribution in [0.2, 0.25) is 0 Å². The van der Waals surface area contributed by atoms with Crippen LogP contribution in [0.1, 0.15) is 10.6 Å². The van der Waals surface area contributed by atoms with Crippen LogP contribution in [0.15, 0.2) is 30.5 Å². The Kier molecular flexibility index (Phi) is 4.30. The first-order chi connectivity index (χ1) is 11.5. The molecule has 0 radical (unpaired) electrons. The molecule has 24 heavy (non-hydrogen) atoms. The molecule has 124 valence electrons. The van der Waals surface area contributed by atoms with E-state index in [4.69, 9.17) is 4.74 Å². The van der Waals surface area contributed by atoms with Gasteiger partial charge in [0.25, 0.3) is 5.91 Å². The van der Waals surface area contributed by atoms with Crippen molar-refractivity contribution >= 4 is 27.8 Å². The summed E-state index contributed by atoms with van der Waals surface area (Å²) in [6.07, 6.45) is 1.40. The van der Waals surface area contributed by atoms with E-state index in [-0.39, 0.29) is 11.7 Å². The molecule has 8 heteroatoms. The van der Waals surface area contributed by atoms with Gasteiger partial charge < -0.3 is 10.1 Å². The average Bonchev–Trinajstić information content (AvgIpc) is 3.12. The van der Waals surface area contributed by atoms with Gasteiger partial charge in [-0.15, -0.1) is 5.10 Å². The Hall–Kier alpha value is -2.74. The lowest BCUT2D eigenvalue weighted by atomic mass is 10.2. The molecule has 2 heterocycles. The molecule has 0 aliphatic carbocycles. The summed E-state index contributed by atoms with van der Waals surface area (Å²) < 4.78 is 19.7. The largest absolute Gasteiger partial charge is 0.503 e. The molecule has 6 nitrogen and oxygen atoms in total. The zero-order chi connectivity index (χ0) is 17.3. The first-order valence-electron chi connectivity index (χ1n) is 7.12. The molecule has 1 N–H and O–H groups in total. The Bertz CT molecular complexity index is 928. The summed E-state index contributed by atoms with van der Waals surface area (Å²) >= 11 is 1.34. The summed E-state index contributed by atoms with van der Waals surface area (Å²) in [5.74, 6) is -0.0468. The van der Waals surface area contributed by atoms with Crippen LogP contribution in [0, 0.1) is 12.7 Å². The van der Waals surface area contributed by atoms with E-state index < -0.39 is 0 Å². The standard InChI is InChI=1S/C16H15FN4O2S/c1-9-13(12(8-23-3)15(22)18-2)24-16-19-14(20-21(9)16)10-4-6-11(17)7-5-10/h4-8H,1-3H3,(H,18,22)/b12-8+. The number of halogens is 1. The van der Waals surface area contributed by atoms with Gasteiger partial charge in [-0.05, 0) is 31.2 Å². The highest BCUT2D eigenvalue weighted by atomic mass is 32.1. The van der Waals surface area contributed by atoms with Crippen molar-refractivity contribution in [3.63, 3.8) is 0 Å². The molecule has 0 aliphatic heterocycles. The Balaban J connectivity index is 2.07. The van der Waals surface area contributed by atoms with Gasteiger partial charge in [-0.25, -0.2) is 8.91 Å². The lowest BCUT2D eigenvalue weighted by Crippen LogP contribution is -2.19. The van der Waals surface area contributed by atoms with Gasteiger partial charge in [-0.1, -0.05) is 11.3 Å². The number of ether oxygens (including phenoxy) is 1. The molecule has 3 rings (SSSR count). The predicted molar refractivity (Wildman–Crippen MR) is 90.0 cm³/mol. The summed E-state index contributed by atoms with van der Waals surface area (Å²) in [5.41, 5.74) is 1.92. The molecule has 1 aromatic carbocycles. The van der Waals surface area contributed by atoms with Crippen molar-refractivity contribution in [3.8, 4) is 11.4 Å². The lowest BCUT2D eigenvalue weighted by Gasteiger charge is -2.04. The van der Waals surface area contributed by atoms with Crippen molar-refractivity contribution in [2.24, 2.45) is 0 Å². The normalized spacial score (nSPS) is 11.8. The van der Waals surface area contributed by atoms with Gasteiger partial charge in [0.15, 0.2) is 5.82 Å². The SMILES string of the molecule is CNC(=O)/C(=C/OC)c1sc2nc(-c3ccc(F)cc3)nn2c1C. The molecule has 0 spiro atoms. The van der Waals surface area contributed by atoms with Gasteiger partial charge in [-0.3, -0.25) is 4.79 Å². The molecule has 1 amide bonds. The molecule has 0 unspecified atom stereocenters. The second-order valence-electron chi connectivity index (χ2n) is 5.00. The lowest BCUT2D eigenvalue weighted by molar-refractivity contribution is -0.115. The fourth-order valence-electron chi connectivity index (χ4n) is 2.28. The number of hydrogen-bond donors (Lipinski definition) is 1. The number of nitrogens with zero attached hydrogens (tertiary/aromatic N) is 3. The van der Waals surface area contributed by atoms with Gasteiger partial charge in [-0.2, -0.15) is 4.98 Å². The molecule has 0 atom stereocenters. The van der Waals surface area contributed by atoms with Gasteiger partial charge >= 0.3 is 0 Å². The number of carbonyl (C=O) groups excluding carboxylic acids is 1. The van der Waals surface area contributed by atoms with Gasteiger partial charge in [0.05, 0.1) is 29.5 Å². The van der Waals surface area contributed by atoms with Crippen LogP contribution in [-0.2, 0) is 9.53 Å². The smallest absolute Gasteiger partial charge is 0.255 e. The Morgan fingerprint density at radius 1 is 1.38 bits per heavy atom. The van der Waals surface area contributed by atoms with E-state index in [0.717, 1.165) is 16.1 Å². The molecule has 0 fully saturated rings. The highest BCUT2D eigenvalue weighted by molar-refractivity contribution is 7.18. The number of aryl methyl sites for hydroxylation is 1. The van der Waals surface area contributed by atoms with E-state index in [1.165, 1.54) is 36.8 Å². The number of carbonyl (C=O) groups is 1. The number of aromatic nitrogens is 3. The fourth-order valence-corrected chi connectivity index (χ4v) is 3.34. The third-order valence-electron chi connectivity index (χ3n) is 3.47. The number of nitrogens with one attached hydrogen (secondary N) is 1. The highest BCUT2D eigenvalue weighted by Crippen LogP contribution is 2.30. The Morgan fingerprint density at radius 3 is 2.67 bits per heavy atom. The van der Waals surface area contributed by atoms with Crippen LogP contribution in [0.3, 0.4) is 0 Å². The Labute approximate surface area is 141 Å². The second kappa shape index (κ2) is 6.40. The monoisotopic (exact) mass is 346 g/mol. The third kappa shape index (κ3) is 2.76. The van der Waals surface area contributed by atoms with Gasteiger partial charge in [0.1, 0.15) is 5.82 Å². The Morgan fingerprint density at radius 2 is 2.08 bits per heavy atom. The summed E-state index contributed by atoms with van der Waals surface area (Å²) in [4.78, 5) is 17.9. The summed E-state index contributed by atoms with van der Waals surface area (Å²) in [7, 11) is 3.05. The number of amides is 1. The zero-order valence-corrected chi connectivity index (χ0v) is 14.1. The second-order valence-corrected chi connectivity index (χ2v) is 5.98. The maximum absolute atomic E-state index is 13.0.